The van der Waals surface area contributed by atoms with Gasteiger partial charge in [0.25, 0.3) is 11.5 Å². The fourth-order valence-electron chi connectivity index (χ4n) is 2.77. The van der Waals surface area contributed by atoms with Crippen LogP contribution in [0.5, 0.6) is 0 Å². The molecule has 3 aromatic heterocycles. The number of pyridine rings is 1. The maximum absolute atomic E-state index is 12.5. The van der Waals surface area contributed by atoms with Crippen LogP contribution in [0.2, 0.25) is 0 Å². The second-order valence-electron chi connectivity index (χ2n) is 6.15. The molecule has 0 aromatic carbocycles. The fraction of sp³-hybridized carbons (Fsp3) is 0.294. The highest BCUT2D eigenvalue weighted by Crippen LogP contribution is 2.15. The van der Waals surface area contributed by atoms with E-state index in [1.807, 2.05) is 24.6 Å². The average Bonchev–Trinajstić information content (AvgIpc) is 3.08. The second kappa shape index (κ2) is 6.04. The third kappa shape index (κ3) is 2.75. The molecule has 0 aliphatic rings. The summed E-state index contributed by atoms with van der Waals surface area (Å²) in [6.45, 7) is 3.97. The number of anilines is 1. The van der Waals surface area contributed by atoms with E-state index in [4.69, 9.17) is 0 Å². The van der Waals surface area contributed by atoms with Crippen LogP contribution in [-0.2, 0) is 14.1 Å². The van der Waals surface area contributed by atoms with Gasteiger partial charge in [-0.15, -0.1) is 0 Å². The molecule has 8 nitrogen and oxygen atoms in total. The van der Waals surface area contributed by atoms with Crippen molar-refractivity contribution in [1.82, 2.24) is 18.7 Å². The molecule has 1 amide bonds. The van der Waals surface area contributed by atoms with Crippen molar-refractivity contribution in [3.8, 4) is 0 Å². The molecule has 3 rings (SSSR count). The van der Waals surface area contributed by atoms with Gasteiger partial charge in [0.15, 0.2) is 0 Å². The van der Waals surface area contributed by atoms with Gasteiger partial charge in [-0.2, -0.15) is 0 Å². The number of hydrogen-bond donors (Lipinski definition) is 1. The number of fused-ring (bicyclic) bond motifs is 1. The van der Waals surface area contributed by atoms with Crippen LogP contribution in [-0.4, -0.2) is 24.6 Å². The SMILES string of the molecule is CC(C)n1cccc1C(=O)Nc1cnc2c(c1)c(=O)n(C)c(=O)n2C. The topological polar surface area (TPSA) is 90.9 Å². The van der Waals surface area contributed by atoms with Crippen LogP contribution in [0.15, 0.2) is 40.2 Å². The molecule has 0 spiro atoms. The Morgan fingerprint density at radius 1 is 1.20 bits per heavy atom. The molecule has 0 atom stereocenters. The van der Waals surface area contributed by atoms with Gasteiger partial charge in [-0.05, 0) is 32.0 Å². The van der Waals surface area contributed by atoms with Gasteiger partial charge in [-0.25, -0.2) is 9.78 Å². The number of nitrogens with zero attached hydrogens (tertiary/aromatic N) is 4. The third-order valence-corrected chi connectivity index (χ3v) is 4.12. The monoisotopic (exact) mass is 341 g/mol. The first-order chi connectivity index (χ1) is 11.8. The molecule has 25 heavy (non-hydrogen) atoms. The van der Waals surface area contributed by atoms with Crippen LogP contribution in [0.3, 0.4) is 0 Å². The van der Waals surface area contributed by atoms with Crippen molar-refractivity contribution >= 4 is 22.6 Å². The number of aromatic nitrogens is 4. The van der Waals surface area contributed by atoms with E-state index in [0.717, 1.165) is 4.57 Å². The van der Waals surface area contributed by atoms with Gasteiger partial charge in [0, 0.05) is 26.3 Å². The largest absolute Gasteiger partial charge is 0.341 e. The summed E-state index contributed by atoms with van der Waals surface area (Å²) in [7, 11) is 2.95. The van der Waals surface area contributed by atoms with Crippen molar-refractivity contribution in [2.45, 2.75) is 19.9 Å². The number of aryl methyl sites for hydroxylation is 1. The predicted octanol–water partition coefficient (Wildman–Crippen LogP) is 1.27. The predicted molar refractivity (Wildman–Crippen MR) is 95.0 cm³/mol. The van der Waals surface area contributed by atoms with Crippen LogP contribution in [0, 0.1) is 0 Å². The lowest BCUT2D eigenvalue weighted by Crippen LogP contribution is -2.37. The lowest BCUT2D eigenvalue weighted by atomic mass is 10.3. The Bertz CT molecular complexity index is 1090. The van der Waals surface area contributed by atoms with Crippen molar-refractivity contribution in [2.24, 2.45) is 14.1 Å². The Hall–Kier alpha value is -3.16. The highest BCUT2D eigenvalue weighted by Gasteiger charge is 2.15. The van der Waals surface area contributed by atoms with E-state index < -0.39 is 11.2 Å². The van der Waals surface area contributed by atoms with Crippen molar-refractivity contribution in [3.05, 3.63) is 57.1 Å². The Morgan fingerprint density at radius 3 is 2.60 bits per heavy atom. The molecular formula is C17H19N5O3. The quantitative estimate of drug-likeness (QED) is 0.776. The van der Waals surface area contributed by atoms with E-state index in [0.29, 0.717) is 11.4 Å². The van der Waals surface area contributed by atoms with Crippen molar-refractivity contribution in [1.29, 1.82) is 0 Å². The molecule has 3 heterocycles. The summed E-state index contributed by atoms with van der Waals surface area (Å²) in [5.41, 5.74) is 0.286. The number of hydrogen-bond acceptors (Lipinski definition) is 4. The fourth-order valence-corrected chi connectivity index (χ4v) is 2.77. The summed E-state index contributed by atoms with van der Waals surface area (Å²) in [4.78, 5) is 40.9. The van der Waals surface area contributed by atoms with E-state index in [2.05, 4.69) is 10.3 Å². The lowest BCUT2D eigenvalue weighted by molar-refractivity contribution is 0.101. The number of carbonyl (C=O) groups is 1. The van der Waals surface area contributed by atoms with E-state index in [-0.39, 0.29) is 23.0 Å². The standard InChI is InChI=1S/C17H19N5O3/c1-10(2)22-7-5-6-13(22)15(23)19-11-8-12-14(18-9-11)20(3)17(25)21(4)16(12)24/h5-10H,1-4H3,(H,19,23). The average molecular weight is 341 g/mol. The Labute approximate surface area is 143 Å². The smallest absolute Gasteiger partial charge is 0.332 e. The highest BCUT2D eigenvalue weighted by atomic mass is 16.2. The molecule has 130 valence electrons. The molecule has 0 saturated carbocycles. The molecule has 0 aliphatic carbocycles. The van der Waals surface area contributed by atoms with Crippen molar-refractivity contribution in [3.63, 3.8) is 0 Å². The molecular weight excluding hydrogens is 322 g/mol. The van der Waals surface area contributed by atoms with Gasteiger partial charge in [-0.3, -0.25) is 18.7 Å². The summed E-state index contributed by atoms with van der Waals surface area (Å²) in [6, 6.07) is 5.21. The molecule has 0 bridgehead atoms. The molecule has 1 N–H and O–H groups in total. The zero-order chi connectivity index (χ0) is 18.3. The van der Waals surface area contributed by atoms with Gasteiger partial charge < -0.3 is 9.88 Å². The number of rotatable bonds is 3. The maximum Gasteiger partial charge on any atom is 0.332 e. The Balaban J connectivity index is 2.03. The van der Waals surface area contributed by atoms with Crippen molar-refractivity contribution < 1.29 is 4.79 Å². The van der Waals surface area contributed by atoms with Crippen LogP contribution >= 0.6 is 0 Å². The lowest BCUT2D eigenvalue weighted by Gasteiger charge is -2.13. The summed E-state index contributed by atoms with van der Waals surface area (Å²) in [5.74, 6) is -0.290. The first-order valence-corrected chi connectivity index (χ1v) is 7.85. The van der Waals surface area contributed by atoms with Crippen LogP contribution in [0.4, 0.5) is 5.69 Å². The minimum absolute atomic E-state index is 0.146. The summed E-state index contributed by atoms with van der Waals surface area (Å²) < 4.78 is 4.17. The molecule has 0 saturated heterocycles. The zero-order valence-corrected chi connectivity index (χ0v) is 14.5. The van der Waals surface area contributed by atoms with E-state index in [1.54, 1.807) is 19.2 Å². The third-order valence-electron chi connectivity index (χ3n) is 4.12. The summed E-state index contributed by atoms with van der Waals surface area (Å²) in [6.07, 6.45) is 3.27. The van der Waals surface area contributed by atoms with Crippen LogP contribution in [0.1, 0.15) is 30.4 Å². The van der Waals surface area contributed by atoms with Gasteiger partial charge in [0.1, 0.15) is 11.3 Å². The minimum Gasteiger partial charge on any atom is -0.341 e. The molecule has 0 aliphatic heterocycles. The molecule has 0 unspecified atom stereocenters. The first kappa shape index (κ1) is 16.7. The maximum atomic E-state index is 12.5. The number of carbonyl (C=O) groups excluding carboxylic acids is 1. The minimum atomic E-state index is -0.452. The number of amides is 1. The normalized spacial score (nSPS) is 11.2. The van der Waals surface area contributed by atoms with Gasteiger partial charge in [-0.1, -0.05) is 0 Å². The van der Waals surface area contributed by atoms with Crippen LogP contribution < -0.4 is 16.6 Å². The molecule has 0 radical (unpaired) electrons. The van der Waals surface area contributed by atoms with E-state index in [9.17, 15) is 14.4 Å². The highest BCUT2D eigenvalue weighted by molar-refractivity contribution is 6.03. The van der Waals surface area contributed by atoms with Crippen LogP contribution in [0.25, 0.3) is 11.0 Å². The summed E-state index contributed by atoms with van der Waals surface area (Å²) >= 11 is 0. The molecule has 3 aromatic rings. The Morgan fingerprint density at radius 2 is 1.92 bits per heavy atom. The Kier molecular flexibility index (Phi) is 4.03. The van der Waals surface area contributed by atoms with Crippen molar-refractivity contribution in [2.75, 3.05) is 5.32 Å². The molecule has 0 fully saturated rings. The van der Waals surface area contributed by atoms with E-state index in [1.165, 1.54) is 23.9 Å². The van der Waals surface area contributed by atoms with Gasteiger partial charge >= 0.3 is 5.69 Å². The first-order valence-electron chi connectivity index (χ1n) is 7.85. The van der Waals surface area contributed by atoms with Gasteiger partial charge in [0.05, 0.1) is 17.3 Å². The van der Waals surface area contributed by atoms with Gasteiger partial charge in [0.2, 0.25) is 0 Å². The number of nitrogens with one attached hydrogen (secondary N) is 1. The summed E-state index contributed by atoms with van der Waals surface area (Å²) in [5, 5.41) is 3.02. The second-order valence-corrected chi connectivity index (χ2v) is 6.15. The van der Waals surface area contributed by atoms with E-state index >= 15 is 0 Å². The molecule has 8 heteroatoms. The zero-order valence-electron chi connectivity index (χ0n) is 14.5.